The standard InChI is InChI=1S/C14H17N5OS.C8H9ClN2O/c15-12(20)11-13(17-10-6-2-3-7-16-10)21-14(18-11)19-8-4-1-5-9-19;9-6-2-1-3-7(4-6)11-5-8(10)12/h2-3,6-7H,1,4-5,8-9H2,(H2,15,20)(H,16,17);1-4,11H,5H2,(H2,10,12). The zero-order valence-electron chi connectivity index (χ0n) is 18.0. The van der Waals surface area contributed by atoms with Gasteiger partial charge in [-0.1, -0.05) is 35.1 Å². The Hall–Kier alpha value is -3.37. The third kappa shape index (κ3) is 7.62. The minimum absolute atomic E-state index is 0.125. The molecule has 0 spiro atoms. The molecule has 2 amide bonds. The molecule has 1 aromatic carbocycles. The minimum Gasteiger partial charge on any atom is -0.376 e. The molecule has 4 rings (SSSR count). The summed E-state index contributed by atoms with van der Waals surface area (Å²) in [7, 11) is 0. The Morgan fingerprint density at radius 2 is 1.88 bits per heavy atom. The second-order valence-corrected chi connectivity index (χ2v) is 8.67. The number of nitrogens with zero attached hydrogens (tertiary/aromatic N) is 3. The van der Waals surface area contributed by atoms with Gasteiger partial charge in [0.05, 0.1) is 6.54 Å². The number of anilines is 4. The normalized spacial score (nSPS) is 12.9. The Morgan fingerprint density at radius 1 is 1.09 bits per heavy atom. The van der Waals surface area contributed by atoms with E-state index < -0.39 is 11.8 Å². The SMILES string of the molecule is NC(=O)CNc1cccc(Cl)c1.NC(=O)c1nc(N2CCCCC2)sc1Nc1ccccn1. The summed E-state index contributed by atoms with van der Waals surface area (Å²) in [6.45, 7) is 2.09. The number of hydrogen-bond acceptors (Lipinski definition) is 8. The van der Waals surface area contributed by atoms with Crippen LogP contribution in [0.1, 0.15) is 29.8 Å². The summed E-state index contributed by atoms with van der Waals surface area (Å²) in [6, 6.07) is 12.7. The number of carbonyl (C=O) groups is 2. The van der Waals surface area contributed by atoms with Crippen molar-refractivity contribution in [3.05, 3.63) is 59.4 Å². The lowest BCUT2D eigenvalue weighted by Gasteiger charge is -2.25. The number of aromatic nitrogens is 2. The number of nitrogens with two attached hydrogens (primary N) is 2. The maximum Gasteiger partial charge on any atom is 0.270 e. The van der Waals surface area contributed by atoms with Crippen molar-refractivity contribution in [1.82, 2.24) is 9.97 Å². The Labute approximate surface area is 201 Å². The van der Waals surface area contributed by atoms with E-state index in [-0.39, 0.29) is 12.2 Å². The fourth-order valence-electron chi connectivity index (χ4n) is 3.12. The van der Waals surface area contributed by atoms with Gasteiger partial charge in [-0.15, -0.1) is 0 Å². The Morgan fingerprint density at radius 3 is 2.52 bits per heavy atom. The van der Waals surface area contributed by atoms with Crippen LogP contribution < -0.4 is 27.0 Å². The zero-order chi connectivity index (χ0) is 23.6. The van der Waals surface area contributed by atoms with E-state index in [9.17, 15) is 9.59 Å². The van der Waals surface area contributed by atoms with Gasteiger partial charge >= 0.3 is 0 Å². The predicted molar refractivity (Wildman–Crippen MR) is 133 cm³/mol. The molecule has 3 aromatic rings. The van der Waals surface area contributed by atoms with Crippen LogP contribution in [0.5, 0.6) is 0 Å². The average Bonchev–Trinajstić information content (AvgIpc) is 3.24. The fraction of sp³-hybridized carbons (Fsp3) is 0.273. The van der Waals surface area contributed by atoms with Crippen LogP contribution in [0.15, 0.2) is 48.7 Å². The zero-order valence-corrected chi connectivity index (χ0v) is 19.5. The summed E-state index contributed by atoms with van der Waals surface area (Å²) in [5.74, 6) is -0.239. The third-order valence-electron chi connectivity index (χ3n) is 4.67. The highest BCUT2D eigenvalue weighted by atomic mass is 35.5. The van der Waals surface area contributed by atoms with Crippen LogP contribution in [-0.4, -0.2) is 41.4 Å². The molecule has 9 nitrogen and oxygen atoms in total. The van der Waals surface area contributed by atoms with E-state index in [1.165, 1.54) is 17.8 Å². The van der Waals surface area contributed by atoms with E-state index in [4.69, 9.17) is 23.1 Å². The van der Waals surface area contributed by atoms with E-state index in [0.717, 1.165) is 36.8 Å². The van der Waals surface area contributed by atoms with Crippen LogP contribution in [0.25, 0.3) is 0 Å². The molecule has 0 saturated carbocycles. The van der Waals surface area contributed by atoms with Crippen LogP contribution in [-0.2, 0) is 4.79 Å². The van der Waals surface area contributed by atoms with Crippen LogP contribution in [0, 0.1) is 0 Å². The lowest BCUT2D eigenvalue weighted by Crippen LogP contribution is -2.29. The van der Waals surface area contributed by atoms with Crippen molar-refractivity contribution in [3.8, 4) is 0 Å². The van der Waals surface area contributed by atoms with Gasteiger partial charge < -0.3 is 27.0 Å². The minimum atomic E-state index is -0.520. The van der Waals surface area contributed by atoms with Crippen molar-refractivity contribution in [2.75, 3.05) is 35.2 Å². The summed E-state index contributed by atoms with van der Waals surface area (Å²) in [5, 5.41) is 8.09. The van der Waals surface area contributed by atoms with Crippen LogP contribution in [0.4, 0.5) is 21.6 Å². The maximum absolute atomic E-state index is 11.6. The fourth-order valence-corrected chi connectivity index (χ4v) is 4.34. The largest absolute Gasteiger partial charge is 0.376 e. The first-order valence-electron chi connectivity index (χ1n) is 10.4. The highest BCUT2D eigenvalue weighted by Crippen LogP contribution is 2.34. The van der Waals surface area contributed by atoms with Gasteiger partial charge in [-0.2, -0.15) is 0 Å². The molecule has 174 valence electrons. The lowest BCUT2D eigenvalue weighted by atomic mass is 10.1. The average molecular weight is 488 g/mol. The first-order valence-corrected chi connectivity index (χ1v) is 11.6. The molecule has 0 unspecified atom stereocenters. The van der Waals surface area contributed by atoms with Crippen molar-refractivity contribution in [2.45, 2.75) is 19.3 Å². The highest BCUT2D eigenvalue weighted by Gasteiger charge is 2.21. The molecule has 0 bridgehead atoms. The molecule has 2 aromatic heterocycles. The predicted octanol–water partition coefficient (Wildman–Crippen LogP) is 3.61. The molecular weight excluding hydrogens is 462 g/mol. The Bertz CT molecular complexity index is 1070. The van der Waals surface area contributed by atoms with Crippen molar-refractivity contribution in [2.24, 2.45) is 11.5 Å². The van der Waals surface area contributed by atoms with E-state index in [1.807, 2.05) is 24.3 Å². The summed E-state index contributed by atoms with van der Waals surface area (Å²) < 4.78 is 0. The van der Waals surface area contributed by atoms with Gasteiger partial charge in [-0.25, -0.2) is 9.97 Å². The maximum atomic E-state index is 11.6. The second-order valence-electron chi connectivity index (χ2n) is 7.26. The van der Waals surface area contributed by atoms with Crippen molar-refractivity contribution in [1.29, 1.82) is 0 Å². The number of pyridine rings is 1. The first kappa shape index (κ1) is 24.3. The van der Waals surface area contributed by atoms with Crippen molar-refractivity contribution < 1.29 is 9.59 Å². The van der Waals surface area contributed by atoms with E-state index in [1.54, 1.807) is 24.4 Å². The molecule has 0 radical (unpaired) electrons. The Balaban J connectivity index is 0.000000218. The number of amides is 2. The van der Waals surface area contributed by atoms with Crippen molar-refractivity contribution >= 4 is 56.4 Å². The molecule has 1 aliphatic heterocycles. The molecule has 1 saturated heterocycles. The molecular formula is C22H26ClN7O2S. The van der Waals surface area contributed by atoms with Gasteiger partial charge in [-0.05, 0) is 49.6 Å². The van der Waals surface area contributed by atoms with Gasteiger partial charge in [0.15, 0.2) is 10.8 Å². The smallest absolute Gasteiger partial charge is 0.270 e. The number of carbonyl (C=O) groups excluding carboxylic acids is 2. The molecule has 6 N–H and O–H groups in total. The third-order valence-corrected chi connectivity index (χ3v) is 5.94. The molecule has 1 aliphatic rings. The number of rotatable bonds is 7. The van der Waals surface area contributed by atoms with Crippen LogP contribution in [0.3, 0.4) is 0 Å². The van der Waals surface area contributed by atoms with E-state index >= 15 is 0 Å². The monoisotopic (exact) mass is 487 g/mol. The Kier molecular flexibility index (Phi) is 8.85. The number of thiazole rings is 1. The highest BCUT2D eigenvalue weighted by molar-refractivity contribution is 7.20. The second kappa shape index (κ2) is 12.0. The number of nitrogens with one attached hydrogen (secondary N) is 2. The van der Waals surface area contributed by atoms with Crippen molar-refractivity contribution in [3.63, 3.8) is 0 Å². The lowest BCUT2D eigenvalue weighted by molar-refractivity contribution is -0.116. The van der Waals surface area contributed by atoms with Crippen LogP contribution >= 0.6 is 22.9 Å². The molecule has 3 heterocycles. The molecule has 11 heteroatoms. The van der Waals surface area contributed by atoms with Gasteiger partial charge in [0.25, 0.3) is 5.91 Å². The summed E-state index contributed by atoms with van der Waals surface area (Å²) in [4.78, 5) is 32.8. The number of benzene rings is 1. The number of primary amides is 2. The summed E-state index contributed by atoms with van der Waals surface area (Å²) in [5.41, 5.74) is 11.5. The number of halogens is 1. The summed E-state index contributed by atoms with van der Waals surface area (Å²) in [6.07, 6.45) is 5.27. The van der Waals surface area contributed by atoms with E-state index in [2.05, 4.69) is 25.5 Å². The molecule has 33 heavy (non-hydrogen) atoms. The van der Waals surface area contributed by atoms with E-state index in [0.29, 0.717) is 15.8 Å². The number of hydrogen-bond donors (Lipinski definition) is 4. The van der Waals surface area contributed by atoms with Gasteiger partial charge in [-0.3, -0.25) is 9.59 Å². The molecule has 0 atom stereocenters. The molecule has 0 aliphatic carbocycles. The van der Waals surface area contributed by atoms with Crippen LogP contribution in [0.2, 0.25) is 5.02 Å². The first-order chi connectivity index (χ1) is 15.9. The van der Waals surface area contributed by atoms with Gasteiger partial charge in [0.2, 0.25) is 5.91 Å². The number of piperidine rings is 1. The van der Waals surface area contributed by atoms with Gasteiger partial charge in [0, 0.05) is 30.0 Å². The van der Waals surface area contributed by atoms with Gasteiger partial charge in [0.1, 0.15) is 10.8 Å². The quantitative estimate of drug-likeness (QED) is 0.399. The summed E-state index contributed by atoms with van der Waals surface area (Å²) >= 11 is 7.16. The molecule has 1 fully saturated rings. The topological polar surface area (TPSA) is 139 Å².